The molecule has 6 nitrogen and oxygen atoms in total. The number of aromatic nitrogens is 2. The van der Waals surface area contributed by atoms with Crippen molar-refractivity contribution >= 4 is 24.0 Å². The Balaban J connectivity index is 0.00000256. The summed E-state index contributed by atoms with van der Waals surface area (Å²) in [6.45, 7) is 5.45. The lowest BCUT2D eigenvalue weighted by molar-refractivity contribution is -0.119. The molecule has 0 spiro atoms. The quantitative estimate of drug-likeness (QED) is 0.641. The molecular weight excluding hydrogens is 400 g/mol. The van der Waals surface area contributed by atoms with Crippen LogP contribution in [0.3, 0.4) is 0 Å². The van der Waals surface area contributed by atoms with E-state index >= 15 is 0 Å². The van der Waals surface area contributed by atoms with Crippen LogP contribution >= 0.6 is 12.4 Å². The van der Waals surface area contributed by atoms with Crippen LogP contribution in [0.5, 0.6) is 11.5 Å². The molecular formula is C23H27ClN4O2. The summed E-state index contributed by atoms with van der Waals surface area (Å²) in [5, 5.41) is 10.7. The minimum absolute atomic E-state index is 0. The Labute approximate surface area is 183 Å². The molecule has 30 heavy (non-hydrogen) atoms. The molecule has 0 radical (unpaired) electrons. The van der Waals surface area contributed by atoms with Crippen molar-refractivity contribution in [1.29, 1.82) is 0 Å². The Hall–Kier alpha value is -2.83. The van der Waals surface area contributed by atoms with E-state index in [1.807, 2.05) is 75.8 Å². The third-order valence-electron chi connectivity index (χ3n) is 5.47. The highest BCUT2D eigenvalue weighted by Gasteiger charge is 2.35. The van der Waals surface area contributed by atoms with Crippen LogP contribution in [0.2, 0.25) is 0 Å². The molecule has 1 saturated heterocycles. The first-order valence-electron chi connectivity index (χ1n) is 9.86. The fourth-order valence-electron chi connectivity index (χ4n) is 3.89. The fourth-order valence-corrected chi connectivity index (χ4v) is 3.89. The summed E-state index contributed by atoms with van der Waals surface area (Å²) < 4.78 is 7.98. The number of nitrogens with zero attached hydrogens (tertiary/aromatic N) is 2. The largest absolute Gasteiger partial charge is 0.455 e. The van der Waals surface area contributed by atoms with Crippen LogP contribution < -0.4 is 15.4 Å². The number of hydrogen-bond acceptors (Lipinski definition) is 4. The number of aryl methyl sites for hydroxylation is 3. The zero-order chi connectivity index (χ0) is 20.4. The summed E-state index contributed by atoms with van der Waals surface area (Å²) in [4.78, 5) is 13.1. The van der Waals surface area contributed by atoms with Crippen molar-refractivity contribution in [3.8, 4) is 11.5 Å². The maximum Gasteiger partial charge on any atom is 0.229 e. The number of hydrogen-bond donors (Lipinski definition) is 2. The highest BCUT2D eigenvalue weighted by molar-refractivity contribution is 5.95. The van der Waals surface area contributed by atoms with Crippen molar-refractivity contribution in [3.05, 3.63) is 71.5 Å². The number of halogens is 1. The average molecular weight is 427 g/mol. The standard InChI is InChI=1S/C23H26N4O2.ClH/c1-15-7-6-8-16(2)22(15)29-21-10-5-4-9-20(21)26-23(28)19-13-24-12-18(19)17-11-25-27(3)14-17;/h4-11,14,18-19,24H,12-13H2,1-3H3,(H,26,28);1H/t18-,19+;/m1./s1. The first-order chi connectivity index (χ1) is 14.0. The van der Waals surface area contributed by atoms with Gasteiger partial charge in [-0.3, -0.25) is 9.48 Å². The zero-order valence-electron chi connectivity index (χ0n) is 17.4. The van der Waals surface area contributed by atoms with E-state index in [2.05, 4.69) is 15.7 Å². The second kappa shape index (κ2) is 9.32. The molecule has 4 rings (SSSR count). The minimum Gasteiger partial charge on any atom is -0.455 e. The first kappa shape index (κ1) is 21.9. The predicted molar refractivity (Wildman–Crippen MR) is 121 cm³/mol. The summed E-state index contributed by atoms with van der Waals surface area (Å²) >= 11 is 0. The van der Waals surface area contributed by atoms with Crippen LogP contribution in [0, 0.1) is 19.8 Å². The van der Waals surface area contributed by atoms with Gasteiger partial charge in [0, 0.05) is 32.3 Å². The zero-order valence-corrected chi connectivity index (χ0v) is 18.2. The molecule has 1 fully saturated rings. The van der Waals surface area contributed by atoms with Gasteiger partial charge >= 0.3 is 0 Å². The lowest BCUT2D eigenvalue weighted by atomic mass is 9.90. The Bertz CT molecular complexity index is 1010. The minimum atomic E-state index is -0.160. The SMILES string of the molecule is Cc1cccc(C)c1Oc1ccccc1NC(=O)[C@H]1CNC[C@@H]1c1cnn(C)c1.Cl. The van der Waals surface area contributed by atoms with Crippen LogP contribution in [0.25, 0.3) is 0 Å². The van der Waals surface area contributed by atoms with Crippen molar-refractivity contribution in [1.82, 2.24) is 15.1 Å². The normalized spacial score (nSPS) is 18.0. The monoisotopic (exact) mass is 426 g/mol. The van der Waals surface area contributed by atoms with E-state index in [1.165, 1.54) is 0 Å². The number of benzene rings is 2. The highest BCUT2D eigenvalue weighted by Crippen LogP contribution is 2.35. The molecule has 1 aromatic heterocycles. The molecule has 2 aromatic carbocycles. The topological polar surface area (TPSA) is 68.2 Å². The van der Waals surface area contributed by atoms with Gasteiger partial charge in [-0.25, -0.2) is 0 Å². The second-order valence-electron chi connectivity index (χ2n) is 7.63. The summed E-state index contributed by atoms with van der Waals surface area (Å²) in [5.41, 5.74) is 3.88. The summed E-state index contributed by atoms with van der Waals surface area (Å²) in [7, 11) is 1.89. The Morgan fingerprint density at radius 2 is 1.87 bits per heavy atom. The second-order valence-corrected chi connectivity index (χ2v) is 7.63. The van der Waals surface area contributed by atoms with Gasteiger partial charge in [-0.15, -0.1) is 12.4 Å². The lowest BCUT2D eigenvalue weighted by Gasteiger charge is -2.19. The molecule has 7 heteroatoms. The van der Waals surface area contributed by atoms with Gasteiger partial charge in [-0.05, 0) is 42.7 Å². The van der Waals surface area contributed by atoms with E-state index < -0.39 is 0 Å². The molecule has 1 aliphatic rings. The molecule has 1 aliphatic heterocycles. The van der Waals surface area contributed by atoms with Crippen molar-refractivity contribution < 1.29 is 9.53 Å². The van der Waals surface area contributed by atoms with E-state index in [0.717, 1.165) is 29.0 Å². The van der Waals surface area contributed by atoms with Crippen molar-refractivity contribution in [3.63, 3.8) is 0 Å². The fraction of sp³-hybridized carbons (Fsp3) is 0.304. The Morgan fingerprint density at radius 1 is 1.13 bits per heavy atom. The maximum absolute atomic E-state index is 13.1. The van der Waals surface area contributed by atoms with Gasteiger partial charge in [-0.1, -0.05) is 30.3 Å². The molecule has 0 unspecified atom stereocenters. The van der Waals surface area contributed by atoms with E-state index in [0.29, 0.717) is 18.0 Å². The van der Waals surface area contributed by atoms with E-state index in [1.54, 1.807) is 4.68 Å². The number of carbonyl (C=O) groups is 1. The van der Waals surface area contributed by atoms with Crippen LogP contribution in [-0.4, -0.2) is 28.8 Å². The first-order valence-corrected chi connectivity index (χ1v) is 9.86. The van der Waals surface area contributed by atoms with Gasteiger partial charge in [0.25, 0.3) is 0 Å². The van der Waals surface area contributed by atoms with Gasteiger partial charge in [0.05, 0.1) is 17.8 Å². The Kier molecular flexibility index (Phi) is 6.80. The van der Waals surface area contributed by atoms with Crippen molar-refractivity contribution in [2.24, 2.45) is 13.0 Å². The number of para-hydroxylation sites is 3. The van der Waals surface area contributed by atoms with Gasteiger partial charge < -0.3 is 15.4 Å². The molecule has 1 amide bonds. The highest BCUT2D eigenvalue weighted by atomic mass is 35.5. The van der Waals surface area contributed by atoms with Crippen LogP contribution in [0.1, 0.15) is 22.6 Å². The summed E-state index contributed by atoms with van der Waals surface area (Å²) in [5.74, 6) is 1.40. The molecule has 2 heterocycles. The van der Waals surface area contributed by atoms with Crippen LogP contribution in [0.15, 0.2) is 54.9 Å². The Morgan fingerprint density at radius 3 is 2.57 bits per heavy atom. The van der Waals surface area contributed by atoms with Gasteiger partial charge in [0.2, 0.25) is 5.91 Å². The predicted octanol–water partition coefficient (Wildman–Crippen LogP) is 4.19. The van der Waals surface area contributed by atoms with Crippen LogP contribution in [-0.2, 0) is 11.8 Å². The average Bonchev–Trinajstić information content (AvgIpc) is 3.35. The molecule has 3 aromatic rings. The number of amides is 1. The molecule has 0 bridgehead atoms. The van der Waals surface area contributed by atoms with Gasteiger partial charge in [0.1, 0.15) is 5.75 Å². The van der Waals surface area contributed by atoms with Crippen LogP contribution in [0.4, 0.5) is 5.69 Å². The number of rotatable bonds is 5. The summed E-state index contributed by atoms with van der Waals surface area (Å²) in [6, 6.07) is 13.6. The van der Waals surface area contributed by atoms with Crippen molar-refractivity contribution in [2.75, 3.05) is 18.4 Å². The number of ether oxygens (including phenoxy) is 1. The molecule has 0 aliphatic carbocycles. The summed E-state index contributed by atoms with van der Waals surface area (Å²) in [6.07, 6.45) is 3.83. The molecule has 2 atom stereocenters. The van der Waals surface area contributed by atoms with E-state index in [4.69, 9.17) is 4.74 Å². The third-order valence-corrected chi connectivity index (χ3v) is 5.47. The molecule has 0 saturated carbocycles. The number of nitrogens with one attached hydrogen (secondary N) is 2. The molecule has 158 valence electrons. The van der Waals surface area contributed by atoms with E-state index in [9.17, 15) is 4.79 Å². The maximum atomic E-state index is 13.1. The van der Waals surface area contributed by atoms with Gasteiger partial charge in [0.15, 0.2) is 5.75 Å². The molecule has 2 N–H and O–H groups in total. The van der Waals surface area contributed by atoms with Crippen molar-refractivity contribution in [2.45, 2.75) is 19.8 Å². The number of anilines is 1. The van der Waals surface area contributed by atoms with Gasteiger partial charge in [-0.2, -0.15) is 5.10 Å². The van der Waals surface area contributed by atoms with E-state index in [-0.39, 0.29) is 30.2 Å². The lowest BCUT2D eigenvalue weighted by Crippen LogP contribution is -2.28. The smallest absolute Gasteiger partial charge is 0.229 e. The third kappa shape index (κ3) is 4.50. The number of carbonyl (C=O) groups excluding carboxylic acids is 1.